The molecule has 0 saturated carbocycles. The number of allylic oxidation sites excluding steroid dienone is 1. The normalized spacial score (nSPS) is 21.0. The lowest BCUT2D eigenvalue weighted by Crippen LogP contribution is -2.34. The largest absolute Gasteiger partial charge is 0.534 e. The molecule has 0 heterocycles. The summed E-state index contributed by atoms with van der Waals surface area (Å²) in [7, 11) is -4.79. The average molecular weight is 382 g/mol. The van der Waals surface area contributed by atoms with E-state index in [1.807, 2.05) is 0 Å². The van der Waals surface area contributed by atoms with E-state index in [-0.39, 0.29) is 24.0 Å². The smallest absolute Gasteiger partial charge is 0.468 e. The number of esters is 1. The first kappa shape index (κ1) is 19.2. The molecule has 2 rings (SSSR count). The first-order chi connectivity index (χ1) is 11.4. The monoisotopic (exact) mass is 382 g/mol. The Bertz CT molecular complexity index is 829. The van der Waals surface area contributed by atoms with E-state index in [1.165, 1.54) is 19.1 Å². The summed E-state index contributed by atoms with van der Waals surface area (Å²) in [5.41, 5.74) is -6.96. The summed E-state index contributed by atoms with van der Waals surface area (Å²) in [6, 6.07) is 3.92. The van der Waals surface area contributed by atoms with E-state index >= 15 is 0 Å². The summed E-state index contributed by atoms with van der Waals surface area (Å²) in [5.74, 6) is -2.03. The van der Waals surface area contributed by atoms with Gasteiger partial charge in [-0.2, -0.15) is 21.6 Å². The van der Waals surface area contributed by atoms with Crippen molar-refractivity contribution in [3.8, 4) is 0 Å². The molecule has 0 bridgehead atoms. The van der Waals surface area contributed by atoms with Gasteiger partial charge in [0.25, 0.3) is 0 Å². The fourth-order valence-electron chi connectivity index (χ4n) is 2.75. The molecular formula is C15H14F4O5S. The van der Waals surface area contributed by atoms with Crippen LogP contribution in [-0.2, 0) is 29.2 Å². The summed E-state index contributed by atoms with van der Waals surface area (Å²) >= 11 is 0. The summed E-state index contributed by atoms with van der Waals surface area (Å²) in [6.45, 7) is 1.40. The first-order valence-electron chi connectivity index (χ1n) is 7.01. The van der Waals surface area contributed by atoms with Crippen LogP contribution in [0.2, 0.25) is 0 Å². The number of alkyl halides is 3. The van der Waals surface area contributed by atoms with Gasteiger partial charge in [-0.3, -0.25) is 4.79 Å². The van der Waals surface area contributed by atoms with Gasteiger partial charge in [0.1, 0.15) is 17.0 Å². The minimum atomic E-state index is -5.86. The standard InChI is InChI=1S/C15H14F4O5S/c1-9-11(4-3-5-12(9)16)14(13(20)23-2)7-6-10(8-14)24-25(21,22)15(17,18)19/h3-5,8H,6-7H2,1-2H3. The van der Waals surface area contributed by atoms with E-state index in [1.54, 1.807) is 0 Å². The van der Waals surface area contributed by atoms with Crippen LogP contribution in [0.1, 0.15) is 24.0 Å². The molecule has 0 radical (unpaired) electrons. The lowest BCUT2D eigenvalue weighted by atomic mass is 9.78. The Morgan fingerprint density at radius 1 is 1.28 bits per heavy atom. The molecular weight excluding hydrogens is 368 g/mol. The molecule has 5 nitrogen and oxygen atoms in total. The number of rotatable bonds is 4. The van der Waals surface area contributed by atoms with Crippen molar-refractivity contribution in [3.05, 3.63) is 47.0 Å². The van der Waals surface area contributed by atoms with Gasteiger partial charge in [0.2, 0.25) is 0 Å². The van der Waals surface area contributed by atoms with E-state index in [2.05, 4.69) is 4.18 Å². The van der Waals surface area contributed by atoms with E-state index in [4.69, 9.17) is 4.74 Å². The molecule has 1 aromatic rings. The van der Waals surface area contributed by atoms with Crippen LogP contribution in [0.15, 0.2) is 30.0 Å². The number of methoxy groups -OCH3 is 1. The van der Waals surface area contributed by atoms with Gasteiger partial charge in [0.05, 0.1) is 7.11 Å². The highest BCUT2D eigenvalue weighted by Crippen LogP contribution is 2.43. The summed E-state index contributed by atoms with van der Waals surface area (Å²) < 4.78 is 82.3. The third-order valence-electron chi connectivity index (χ3n) is 3.97. The Morgan fingerprint density at radius 2 is 1.92 bits per heavy atom. The second kappa shape index (κ2) is 6.32. The lowest BCUT2D eigenvalue weighted by Gasteiger charge is -2.26. The Morgan fingerprint density at radius 3 is 2.48 bits per heavy atom. The van der Waals surface area contributed by atoms with Crippen LogP contribution in [0, 0.1) is 12.7 Å². The zero-order chi connectivity index (χ0) is 19.0. The highest BCUT2D eigenvalue weighted by Gasteiger charge is 2.51. The molecule has 138 valence electrons. The van der Waals surface area contributed by atoms with Crippen LogP contribution in [0.3, 0.4) is 0 Å². The van der Waals surface area contributed by atoms with Gasteiger partial charge in [-0.25, -0.2) is 4.39 Å². The fraction of sp³-hybridized carbons (Fsp3) is 0.400. The van der Waals surface area contributed by atoms with Crippen molar-refractivity contribution >= 4 is 16.1 Å². The molecule has 0 spiro atoms. The molecule has 0 amide bonds. The highest BCUT2D eigenvalue weighted by molar-refractivity contribution is 7.87. The van der Waals surface area contributed by atoms with E-state index in [0.717, 1.165) is 19.3 Å². The van der Waals surface area contributed by atoms with Gasteiger partial charge >= 0.3 is 21.6 Å². The van der Waals surface area contributed by atoms with Crippen molar-refractivity contribution in [1.29, 1.82) is 0 Å². The third kappa shape index (κ3) is 3.35. The molecule has 1 aliphatic carbocycles. The molecule has 25 heavy (non-hydrogen) atoms. The quantitative estimate of drug-likeness (QED) is 0.346. The number of carbonyl (C=O) groups is 1. The van der Waals surface area contributed by atoms with Crippen LogP contribution in [0.25, 0.3) is 0 Å². The molecule has 1 aromatic carbocycles. The number of hydrogen-bond donors (Lipinski definition) is 0. The van der Waals surface area contributed by atoms with Gasteiger partial charge in [0, 0.05) is 6.42 Å². The molecule has 1 atom stereocenters. The second-order valence-corrected chi connectivity index (χ2v) is 7.01. The molecule has 1 aliphatic rings. The first-order valence-corrected chi connectivity index (χ1v) is 8.42. The molecule has 1 unspecified atom stereocenters. The van der Waals surface area contributed by atoms with Crippen molar-refractivity contribution in [1.82, 2.24) is 0 Å². The molecule has 0 saturated heterocycles. The van der Waals surface area contributed by atoms with Crippen LogP contribution < -0.4 is 0 Å². The number of carbonyl (C=O) groups excluding carboxylic acids is 1. The number of hydrogen-bond acceptors (Lipinski definition) is 5. The van der Waals surface area contributed by atoms with Gasteiger partial charge in [-0.05, 0) is 36.6 Å². The van der Waals surface area contributed by atoms with Gasteiger partial charge in [-0.1, -0.05) is 12.1 Å². The molecule has 0 aliphatic heterocycles. The van der Waals surface area contributed by atoms with Crippen molar-refractivity contribution in [2.45, 2.75) is 30.7 Å². The predicted octanol–water partition coefficient (Wildman–Crippen LogP) is 3.09. The summed E-state index contributed by atoms with van der Waals surface area (Å²) in [4.78, 5) is 12.3. The van der Waals surface area contributed by atoms with Gasteiger partial charge < -0.3 is 8.92 Å². The maximum atomic E-state index is 13.8. The van der Waals surface area contributed by atoms with Gasteiger partial charge in [0.15, 0.2) is 0 Å². The van der Waals surface area contributed by atoms with Gasteiger partial charge in [-0.15, -0.1) is 0 Å². The summed E-state index contributed by atoms with van der Waals surface area (Å²) in [5, 5.41) is 0. The number of ether oxygens (including phenoxy) is 1. The van der Waals surface area contributed by atoms with Crippen molar-refractivity contribution in [3.63, 3.8) is 0 Å². The van der Waals surface area contributed by atoms with E-state index in [9.17, 15) is 30.8 Å². The predicted molar refractivity (Wildman–Crippen MR) is 78.2 cm³/mol. The van der Waals surface area contributed by atoms with E-state index < -0.39 is 38.6 Å². The maximum Gasteiger partial charge on any atom is 0.534 e. The van der Waals surface area contributed by atoms with Crippen molar-refractivity contribution in [2.75, 3.05) is 7.11 Å². The second-order valence-electron chi connectivity index (χ2n) is 5.47. The van der Waals surface area contributed by atoms with Crippen LogP contribution >= 0.6 is 0 Å². The lowest BCUT2D eigenvalue weighted by molar-refractivity contribution is -0.145. The maximum absolute atomic E-state index is 13.8. The minimum absolute atomic E-state index is 0.101. The van der Waals surface area contributed by atoms with Crippen LogP contribution in [-0.4, -0.2) is 27.0 Å². The number of benzene rings is 1. The average Bonchev–Trinajstić information content (AvgIpc) is 2.92. The minimum Gasteiger partial charge on any atom is -0.468 e. The zero-order valence-corrected chi connectivity index (χ0v) is 14.0. The topological polar surface area (TPSA) is 69.7 Å². The Balaban J connectivity index is 2.53. The SMILES string of the molecule is COC(=O)C1(c2cccc(F)c2C)C=C(OS(=O)(=O)C(F)(F)F)CC1. The molecule has 0 N–H and O–H groups in total. The van der Waals surface area contributed by atoms with Crippen molar-refractivity contribution < 1.29 is 39.7 Å². The van der Waals surface area contributed by atoms with E-state index in [0.29, 0.717) is 0 Å². The number of halogens is 4. The summed E-state index contributed by atoms with van der Waals surface area (Å²) in [6.07, 6.45) is 0.566. The molecule has 10 heteroatoms. The molecule has 0 fully saturated rings. The van der Waals surface area contributed by atoms with Crippen LogP contribution in [0.5, 0.6) is 0 Å². The Hall–Kier alpha value is -2.10. The molecule has 0 aromatic heterocycles. The fourth-order valence-corrected chi connectivity index (χ4v) is 3.26. The Labute approximate surface area is 141 Å². The third-order valence-corrected chi connectivity index (χ3v) is 4.97. The van der Waals surface area contributed by atoms with Crippen molar-refractivity contribution in [2.24, 2.45) is 0 Å². The zero-order valence-electron chi connectivity index (χ0n) is 13.2. The Kier molecular flexibility index (Phi) is 4.86. The van der Waals surface area contributed by atoms with Crippen LogP contribution in [0.4, 0.5) is 17.6 Å². The highest BCUT2D eigenvalue weighted by atomic mass is 32.2.